The molecule has 0 fully saturated rings. The molecular formula is C25H38. The highest BCUT2D eigenvalue weighted by Gasteiger charge is 2.10. The molecule has 0 aliphatic rings. The summed E-state index contributed by atoms with van der Waals surface area (Å²) in [4.78, 5) is 0. The van der Waals surface area contributed by atoms with Gasteiger partial charge in [-0.3, -0.25) is 0 Å². The second-order valence-corrected chi connectivity index (χ2v) is 7.69. The Hall–Kier alpha value is -1.30. The highest BCUT2D eigenvalue weighted by molar-refractivity contribution is 5.87. The molecule has 0 heteroatoms. The Bertz CT molecular complexity index is 623. The SMILES string of the molecule is CCCCCCCc1cc2ccccc2c(CCCCCCC)c1C. The molecule has 0 bridgehead atoms. The van der Waals surface area contributed by atoms with Crippen LogP contribution in [0, 0.1) is 6.92 Å². The van der Waals surface area contributed by atoms with E-state index in [2.05, 4.69) is 51.1 Å². The Kier molecular flexibility index (Phi) is 9.08. The summed E-state index contributed by atoms with van der Waals surface area (Å²) in [6, 6.07) is 11.5. The van der Waals surface area contributed by atoms with Crippen molar-refractivity contribution in [1.82, 2.24) is 0 Å². The molecule has 0 saturated heterocycles. The van der Waals surface area contributed by atoms with Gasteiger partial charge in [0.05, 0.1) is 0 Å². The maximum atomic E-state index is 2.46. The van der Waals surface area contributed by atoms with Crippen LogP contribution in [0.5, 0.6) is 0 Å². The topological polar surface area (TPSA) is 0 Å². The Morgan fingerprint density at radius 3 is 1.96 bits per heavy atom. The first-order chi connectivity index (χ1) is 12.3. The standard InChI is InChI=1S/C25H38/c1-4-6-8-10-12-16-22-20-23-17-14-15-19-25(23)24(21(22)3)18-13-11-9-7-5-2/h14-15,17,19-20H,4-13,16,18H2,1-3H3. The van der Waals surface area contributed by atoms with Crippen molar-refractivity contribution in [2.45, 2.75) is 97.8 Å². The Balaban J connectivity index is 2.09. The fraction of sp³-hybridized carbons (Fsp3) is 0.600. The lowest BCUT2D eigenvalue weighted by Crippen LogP contribution is -1.99. The molecule has 0 aliphatic heterocycles. The van der Waals surface area contributed by atoms with Crippen LogP contribution >= 0.6 is 0 Å². The van der Waals surface area contributed by atoms with Gasteiger partial charge in [0.15, 0.2) is 0 Å². The van der Waals surface area contributed by atoms with Gasteiger partial charge in [-0.1, -0.05) is 95.5 Å². The van der Waals surface area contributed by atoms with Crippen LogP contribution in [-0.2, 0) is 12.8 Å². The number of aryl methyl sites for hydroxylation is 2. The normalized spacial score (nSPS) is 11.3. The molecule has 0 saturated carbocycles. The molecule has 0 radical (unpaired) electrons. The van der Waals surface area contributed by atoms with Crippen molar-refractivity contribution >= 4 is 10.8 Å². The maximum Gasteiger partial charge on any atom is -0.0149 e. The van der Waals surface area contributed by atoms with Gasteiger partial charge in [-0.15, -0.1) is 0 Å². The smallest absolute Gasteiger partial charge is 0.0149 e. The summed E-state index contributed by atoms with van der Waals surface area (Å²) >= 11 is 0. The number of unbranched alkanes of at least 4 members (excludes halogenated alkanes) is 8. The summed E-state index contributed by atoms with van der Waals surface area (Å²) < 4.78 is 0. The quantitative estimate of drug-likeness (QED) is 0.342. The predicted octanol–water partition coefficient (Wildman–Crippen LogP) is 8.17. The van der Waals surface area contributed by atoms with Gasteiger partial charge in [0.25, 0.3) is 0 Å². The van der Waals surface area contributed by atoms with E-state index in [9.17, 15) is 0 Å². The Morgan fingerprint density at radius 2 is 1.28 bits per heavy atom. The molecular weight excluding hydrogens is 300 g/mol. The Labute approximate surface area is 156 Å². The van der Waals surface area contributed by atoms with Gasteiger partial charge in [-0.25, -0.2) is 0 Å². The van der Waals surface area contributed by atoms with E-state index >= 15 is 0 Å². The summed E-state index contributed by atoms with van der Waals surface area (Å²) in [5.41, 5.74) is 4.79. The molecule has 138 valence electrons. The van der Waals surface area contributed by atoms with Crippen molar-refractivity contribution in [2.75, 3.05) is 0 Å². The minimum atomic E-state index is 1.25. The van der Waals surface area contributed by atoms with E-state index < -0.39 is 0 Å². The molecule has 0 atom stereocenters. The molecule has 0 aliphatic carbocycles. The lowest BCUT2D eigenvalue weighted by atomic mass is 9.89. The number of rotatable bonds is 12. The lowest BCUT2D eigenvalue weighted by Gasteiger charge is -2.16. The van der Waals surface area contributed by atoms with Crippen LogP contribution in [-0.4, -0.2) is 0 Å². The van der Waals surface area contributed by atoms with Crippen molar-refractivity contribution in [1.29, 1.82) is 0 Å². The van der Waals surface area contributed by atoms with E-state index in [0.717, 1.165) is 0 Å². The number of fused-ring (bicyclic) bond motifs is 1. The van der Waals surface area contributed by atoms with Gasteiger partial charge >= 0.3 is 0 Å². The maximum absolute atomic E-state index is 2.46. The highest BCUT2D eigenvalue weighted by Crippen LogP contribution is 2.28. The summed E-state index contributed by atoms with van der Waals surface area (Å²) in [5, 5.41) is 2.94. The summed E-state index contributed by atoms with van der Waals surface area (Å²) in [6.45, 7) is 6.96. The molecule has 2 aromatic rings. The van der Waals surface area contributed by atoms with Gasteiger partial charge in [0, 0.05) is 0 Å². The van der Waals surface area contributed by atoms with Gasteiger partial charge in [-0.2, -0.15) is 0 Å². The van der Waals surface area contributed by atoms with E-state index in [1.807, 2.05) is 0 Å². The van der Waals surface area contributed by atoms with E-state index in [1.54, 1.807) is 16.7 Å². The molecule has 0 nitrogen and oxygen atoms in total. The molecule has 0 spiro atoms. The van der Waals surface area contributed by atoms with Crippen LogP contribution in [0.4, 0.5) is 0 Å². The molecule has 2 aromatic carbocycles. The van der Waals surface area contributed by atoms with Crippen LogP contribution < -0.4 is 0 Å². The van der Waals surface area contributed by atoms with Crippen LogP contribution in [0.2, 0.25) is 0 Å². The van der Waals surface area contributed by atoms with E-state index in [4.69, 9.17) is 0 Å². The Morgan fingerprint density at radius 1 is 0.680 bits per heavy atom. The zero-order valence-corrected chi connectivity index (χ0v) is 16.9. The third-order valence-electron chi connectivity index (χ3n) is 5.63. The molecule has 25 heavy (non-hydrogen) atoms. The molecule has 2 rings (SSSR count). The highest BCUT2D eigenvalue weighted by atomic mass is 14.1. The monoisotopic (exact) mass is 338 g/mol. The van der Waals surface area contributed by atoms with Crippen LogP contribution in [0.15, 0.2) is 30.3 Å². The zero-order chi connectivity index (χ0) is 17.9. The second-order valence-electron chi connectivity index (χ2n) is 7.69. The van der Waals surface area contributed by atoms with E-state index in [-0.39, 0.29) is 0 Å². The minimum Gasteiger partial charge on any atom is -0.0654 e. The van der Waals surface area contributed by atoms with Gasteiger partial charge in [0.1, 0.15) is 0 Å². The second kappa shape index (κ2) is 11.3. The fourth-order valence-corrected chi connectivity index (χ4v) is 4.00. The first-order valence-electron chi connectivity index (χ1n) is 10.8. The number of hydrogen-bond acceptors (Lipinski definition) is 0. The third kappa shape index (κ3) is 6.17. The van der Waals surface area contributed by atoms with Crippen molar-refractivity contribution in [3.8, 4) is 0 Å². The van der Waals surface area contributed by atoms with Crippen LogP contribution in [0.3, 0.4) is 0 Å². The van der Waals surface area contributed by atoms with Gasteiger partial charge < -0.3 is 0 Å². The summed E-state index contributed by atoms with van der Waals surface area (Å²) in [7, 11) is 0. The molecule has 0 heterocycles. The molecule has 0 amide bonds. The summed E-state index contributed by atoms with van der Waals surface area (Å²) in [5.74, 6) is 0. The number of hydrogen-bond donors (Lipinski definition) is 0. The average molecular weight is 339 g/mol. The first kappa shape index (κ1) is 20.0. The molecule has 0 N–H and O–H groups in total. The zero-order valence-electron chi connectivity index (χ0n) is 16.9. The third-order valence-corrected chi connectivity index (χ3v) is 5.63. The largest absolute Gasteiger partial charge is 0.0654 e. The van der Waals surface area contributed by atoms with Crippen molar-refractivity contribution < 1.29 is 0 Å². The predicted molar refractivity (Wildman–Crippen MR) is 114 cm³/mol. The van der Waals surface area contributed by atoms with Gasteiger partial charge in [0.2, 0.25) is 0 Å². The first-order valence-corrected chi connectivity index (χ1v) is 10.8. The summed E-state index contributed by atoms with van der Waals surface area (Å²) in [6.07, 6.45) is 16.2. The van der Waals surface area contributed by atoms with E-state index in [1.165, 1.54) is 87.8 Å². The van der Waals surface area contributed by atoms with E-state index in [0.29, 0.717) is 0 Å². The lowest BCUT2D eigenvalue weighted by molar-refractivity contribution is 0.627. The van der Waals surface area contributed by atoms with Gasteiger partial charge in [-0.05, 0) is 60.1 Å². The van der Waals surface area contributed by atoms with Crippen molar-refractivity contribution in [3.63, 3.8) is 0 Å². The minimum absolute atomic E-state index is 1.25. The fourth-order valence-electron chi connectivity index (χ4n) is 4.00. The number of benzene rings is 2. The van der Waals surface area contributed by atoms with Crippen molar-refractivity contribution in [3.05, 3.63) is 47.0 Å². The van der Waals surface area contributed by atoms with Crippen LogP contribution in [0.1, 0.15) is 94.7 Å². The average Bonchev–Trinajstić information content (AvgIpc) is 2.63. The van der Waals surface area contributed by atoms with Crippen molar-refractivity contribution in [2.24, 2.45) is 0 Å². The van der Waals surface area contributed by atoms with Crippen LogP contribution in [0.25, 0.3) is 10.8 Å². The molecule has 0 aromatic heterocycles. The molecule has 0 unspecified atom stereocenters.